The second-order valence-corrected chi connectivity index (χ2v) is 4.09. The molecule has 0 aliphatic carbocycles. The van der Waals surface area contributed by atoms with Crippen LogP contribution in [0.15, 0.2) is 48.5 Å². The fourth-order valence-corrected chi connectivity index (χ4v) is 1.79. The van der Waals surface area contributed by atoms with Crippen LogP contribution in [-0.4, -0.2) is 0 Å². The van der Waals surface area contributed by atoms with E-state index in [1.807, 2.05) is 18.2 Å². The zero-order valence-corrected chi connectivity index (χ0v) is 9.57. The molecule has 17 heavy (non-hydrogen) atoms. The molecule has 0 saturated heterocycles. The molecule has 1 nitrogen and oxygen atoms in total. The van der Waals surface area contributed by atoms with Gasteiger partial charge >= 0.3 is 0 Å². The zero-order valence-electron chi connectivity index (χ0n) is 9.57. The van der Waals surface area contributed by atoms with E-state index in [1.165, 1.54) is 17.7 Å². The van der Waals surface area contributed by atoms with Crippen molar-refractivity contribution in [3.63, 3.8) is 0 Å². The fraction of sp³-hybridized carbons (Fsp3) is 0.200. The van der Waals surface area contributed by atoms with Gasteiger partial charge in [0.1, 0.15) is 5.82 Å². The molecule has 2 rings (SSSR count). The van der Waals surface area contributed by atoms with Gasteiger partial charge in [-0.1, -0.05) is 36.4 Å². The number of benzene rings is 2. The molecule has 0 saturated carbocycles. The molecular formula is C15H15FN. The predicted octanol–water partition coefficient (Wildman–Crippen LogP) is 3.26. The Morgan fingerprint density at radius 1 is 1.18 bits per heavy atom. The number of hydrogen-bond donors (Lipinski definition) is 1. The third-order valence-electron chi connectivity index (χ3n) is 2.77. The topological polar surface area (TPSA) is 26.0 Å². The van der Waals surface area contributed by atoms with Gasteiger partial charge in [-0.3, -0.25) is 0 Å². The van der Waals surface area contributed by atoms with Crippen molar-refractivity contribution in [1.82, 2.24) is 0 Å². The summed E-state index contributed by atoms with van der Waals surface area (Å²) >= 11 is 0. The first-order chi connectivity index (χ1) is 8.25. The van der Waals surface area contributed by atoms with Gasteiger partial charge in [0, 0.05) is 6.04 Å². The van der Waals surface area contributed by atoms with Crippen LogP contribution in [0.3, 0.4) is 0 Å². The van der Waals surface area contributed by atoms with Crippen molar-refractivity contribution in [1.29, 1.82) is 0 Å². The lowest BCUT2D eigenvalue weighted by molar-refractivity contribution is 0.608. The molecule has 2 N–H and O–H groups in total. The fourth-order valence-electron chi connectivity index (χ4n) is 1.79. The minimum absolute atomic E-state index is 0.161. The van der Waals surface area contributed by atoms with E-state index in [9.17, 15) is 4.39 Å². The summed E-state index contributed by atoms with van der Waals surface area (Å²) in [6.07, 6.45) is 1.69. The first-order valence-corrected chi connectivity index (χ1v) is 5.72. The van der Waals surface area contributed by atoms with Crippen LogP contribution in [0.25, 0.3) is 0 Å². The molecule has 0 aliphatic heterocycles. The smallest absolute Gasteiger partial charge is 0.123 e. The van der Waals surface area contributed by atoms with Gasteiger partial charge in [0.05, 0.1) is 0 Å². The van der Waals surface area contributed by atoms with Crippen LogP contribution in [0, 0.1) is 11.9 Å². The van der Waals surface area contributed by atoms with Crippen LogP contribution >= 0.6 is 0 Å². The van der Waals surface area contributed by atoms with E-state index in [2.05, 4.69) is 18.2 Å². The van der Waals surface area contributed by atoms with E-state index >= 15 is 0 Å². The lowest BCUT2D eigenvalue weighted by Gasteiger charge is -2.11. The first-order valence-electron chi connectivity index (χ1n) is 5.72. The monoisotopic (exact) mass is 228 g/mol. The van der Waals surface area contributed by atoms with Crippen LogP contribution in [-0.2, 0) is 6.42 Å². The van der Waals surface area contributed by atoms with Crippen molar-refractivity contribution in [2.45, 2.75) is 18.9 Å². The van der Waals surface area contributed by atoms with Gasteiger partial charge in [-0.2, -0.15) is 0 Å². The summed E-state index contributed by atoms with van der Waals surface area (Å²) in [5.74, 6) is -0.256. The minimum atomic E-state index is -0.256. The molecule has 2 heteroatoms. The van der Waals surface area contributed by atoms with Crippen molar-refractivity contribution in [2.75, 3.05) is 0 Å². The highest BCUT2D eigenvalue weighted by Gasteiger charge is 2.07. The summed E-state index contributed by atoms with van der Waals surface area (Å²) in [7, 11) is 0. The molecule has 0 aliphatic rings. The Labute approximate surface area is 101 Å². The third-order valence-corrected chi connectivity index (χ3v) is 2.77. The summed E-state index contributed by atoms with van der Waals surface area (Å²) in [4.78, 5) is 0. The van der Waals surface area contributed by atoms with Crippen LogP contribution in [0.2, 0.25) is 0 Å². The first kappa shape index (κ1) is 11.8. The summed E-state index contributed by atoms with van der Waals surface area (Å²) in [6.45, 7) is 0. The highest BCUT2D eigenvalue weighted by atomic mass is 19.1. The molecule has 1 radical (unpaired) electrons. The highest BCUT2D eigenvalue weighted by Crippen LogP contribution is 2.17. The Balaban J connectivity index is 1.96. The normalized spacial score (nSPS) is 12.4. The minimum Gasteiger partial charge on any atom is -0.324 e. The van der Waals surface area contributed by atoms with E-state index in [-0.39, 0.29) is 11.9 Å². The molecule has 2 aromatic rings. The van der Waals surface area contributed by atoms with Gasteiger partial charge in [-0.25, -0.2) is 4.39 Å². The van der Waals surface area contributed by atoms with Crippen molar-refractivity contribution in [2.24, 2.45) is 5.73 Å². The van der Waals surface area contributed by atoms with Crippen molar-refractivity contribution in [3.05, 3.63) is 71.5 Å². The molecule has 0 spiro atoms. The van der Waals surface area contributed by atoms with Gasteiger partial charge in [0.15, 0.2) is 0 Å². The Kier molecular flexibility index (Phi) is 3.89. The standard InChI is InChI=1S/C15H15FN/c16-14-8-4-7-13(11-14)15(17)10-9-12-5-2-1-3-6-12/h1-6,8,11,15H,9-10,17H2/t15-/m1/s1. The lowest BCUT2D eigenvalue weighted by atomic mass is 10.00. The molecule has 0 fully saturated rings. The summed E-state index contributed by atoms with van der Waals surface area (Å²) < 4.78 is 13.0. The van der Waals surface area contributed by atoms with E-state index in [4.69, 9.17) is 5.73 Å². The Bertz CT molecular complexity index is 467. The van der Waals surface area contributed by atoms with E-state index in [1.54, 1.807) is 6.07 Å². The van der Waals surface area contributed by atoms with Crippen molar-refractivity contribution in [3.8, 4) is 0 Å². The zero-order chi connectivity index (χ0) is 12.1. The highest BCUT2D eigenvalue weighted by molar-refractivity contribution is 5.20. The molecule has 0 amide bonds. The summed E-state index contributed by atoms with van der Waals surface area (Å²) in [5, 5.41) is 0. The summed E-state index contributed by atoms with van der Waals surface area (Å²) in [6, 6.07) is 17.4. The molecule has 0 unspecified atom stereocenters. The van der Waals surface area contributed by atoms with Crippen molar-refractivity contribution < 1.29 is 4.39 Å². The molecule has 0 aromatic heterocycles. The Morgan fingerprint density at radius 3 is 2.65 bits per heavy atom. The van der Waals surface area contributed by atoms with Gasteiger partial charge in [0.25, 0.3) is 0 Å². The Hall–Kier alpha value is -1.67. The largest absolute Gasteiger partial charge is 0.324 e. The predicted molar refractivity (Wildman–Crippen MR) is 66.9 cm³/mol. The van der Waals surface area contributed by atoms with Gasteiger partial charge < -0.3 is 5.73 Å². The van der Waals surface area contributed by atoms with Crippen LogP contribution in [0.1, 0.15) is 23.6 Å². The van der Waals surface area contributed by atoms with Gasteiger partial charge in [-0.05, 0) is 42.2 Å². The molecule has 2 aromatic carbocycles. The number of hydrogen-bond acceptors (Lipinski definition) is 1. The maximum absolute atomic E-state index is 13.0. The van der Waals surface area contributed by atoms with E-state index in [0.717, 1.165) is 18.4 Å². The van der Waals surface area contributed by atoms with E-state index < -0.39 is 0 Å². The second-order valence-electron chi connectivity index (χ2n) is 4.09. The molecular weight excluding hydrogens is 213 g/mol. The third kappa shape index (κ3) is 3.40. The molecule has 87 valence electrons. The van der Waals surface area contributed by atoms with Crippen LogP contribution in [0.4, 0.5) is 4.39 Å². The van der Waals surface area contributed by atoms with Crippen LogP contribution in [0.5, 0.6) is 0 Å². The summed E-state index contributed by atoms with van der Waals surface area (Å²) in [5.41, 5.74) is 8.00. The van der Waals surface area contributed by atoms with Crippen molar-refractivity contribution >= 4 is 0 Å². The maximum Gasteiger partial charge on any atom is 0.123 e. The Morgan fingerprint density at radius 2 is 1.94 bits per heavy atom. The number of halogens is 1. The second kappa shape index (κ2) is 5.60. The number of rotatable bonds is 4. The molecule has 1 atom stereocenters. The maximum atomic E-state index is 13.0. The average molecular weight is 228 g/mol. The SMILES string of the molecule is N[C@H](CCc1ccccc1)c1[c]ccc(F)c1. The quantitative estimate of drug-likeness (QED) is 0.854. The molecule has 0 bridgehead atoms. The van der Waals surface area contributed by atoms with Crippen LogP contribution < -0.4 is 5.73 Å². The lowest BCUT2D eigenvalue weighted by Crippen LogP contribution is -2.11. The number of aryl methyl sites for hydroxylation is 1. The van der Waals surface area contributed by atoms with Gasteiger partial charge in [-0.15, -0.1) is 0 Å². The average Bonchev–Trinajstić information content (AvgIpc) is 2.37. The van der Waals surface area contributed by atoms with Gasteiger partial charge in [0.2, 0.25) is 0 Å². The number of nitrogens with two attached hydrogens (primary N) is 1. The van der Waals surface area contributed by atoms with E-state index in [0.29, 0.717) is 0 Å². The molecule has 0 heterocycles.